The van der Waals surface area contributed by atoms with Crippen LogP contribution in [0, 0.1) is 0 Å². The number of pyridine rings is 1. The lowest BCUT2D eigenvalue weighted by atomic mass is 10.2. The van der Waals surface area contributed by atoms with Crippen molar-refractivity contribution in [2.24, 2.45) is 0 Å². The second-order valence-electron chi connectivity index (χ2n) is 5.91. The SMILES string of the molecule is CCOc1ccc(Nc2ncccc2C(=O)N2CCO[C@H](C)C2)cc1. The van der Waals surface area contributed by atoms with Gasteiger partial charge in [-0.2, -0.15) is 0 Å². The van der Waals surface area contributed by atoms with Crippen LogP contribution in [0.5, 0.6) is 5.75 Å². The summed E-state index contributed by atoms with van der Waals surface area (Å²) in [4.78, 5) is 19.0. The van der Waals surface area contributed by atoms with Crippen molar-refractivity contribution in [2.45, 2.75) is 20.0 Å². The number of nitrogens with zero attached hydrogens (tertiary/aromatic N) is 2. The predicted octanol–water partition coefficient (Wildman–Crippen LogP) is 3.08. The molecule has 1 aromatic carbocycles. The molecule has 1 aliphatic rings. The summed E-state index contributed by atoms with van der Waals surface area (Å²) in [6.45, 7) is 6.31. The fourth-order valence-electron chi connectivity index (χ4n) is 2.79. The van der Waals surface area contributed by atoms with Crippen LogP contribution in [0.2, 0.25) is 0 Å². The van der Waals surface area contributed by atoms with Gasteiger partial charge in [-0.25, -0.2) is 4.98 Å². The molecule has 0 radical (unpaired) electrons. The zero-order valence-corrected chi connectivity index (χ0v) is 14.6. The molecule has 1 aromatic heterocycles. The van der Waals surface area contributed by atoms with Crippen LogP contribution < -0.4 is 10.1 Å². The second-order valence-corrected chi connectivity index (χ2v) is 5.91. The number of hydrogen-bond donors (Lipinski definition) is 1. The molecule has 3 rings (SSSR count). The standard InChI is InChI=1S/C19H23N3O3/c1-3-24-16-8-6-15(7-9-16)21-18-17(5-4-10-20-18)19(23)22-11-12-25-14(2)13-22/h4-10,14H,3,11-13H2,1-2H3,(H,20,21)/t14-/m1/s1. The first-order valence-corrected chi connectivity index (χ1v) is 8.53. The molecule has 1 amide bonds. The summed E-state index contributed by atoms with van der Waals surface area (Å²) in [5.41, 5.74) is 1.41. The minimum Gasteiger partial charge on any atom is -0.494 e. The van der Waals surface area contributed by atoms with E-state index in [2.05, 4.69) is 10.3 Å². The Bertz CT molecular complexity index is 718. The lowest BCUT2D eigenvalue weighted by Crippen LogP contribution is -2.44. The fraction of sp³-hybridized carbons (Fsp3) is 0.368. The number of ether oxygens (including phenoxy) is 2. The van der Waals surface area contributed by atoms with Crippen LogP contribution in [0.1, 0.15) is 24.2 Å². The number of hydrogen-bond acceptors (Lipinski definition) is 5. The quantitative estimate of drug-likeness (QED) is 0.905. The molecular weight excluding hydrogens is 318 g/mol. The zero-order chi connectivity index (χ0) is 17.6. The third-order valence-corrected chi connectivity index (χ3v) is 3.99. The molecule has 0 bridgehead atoms. The van der Waals surface area contributed by atoms with Crippen LogP contribution in [0.15, 0.2) is 42.6 Å². The molecule has 0 spiro atoms. The summed E-state index contributed by atoms with van der Waals surface area (Å²) in [7, 11) is 0. The monoisotopic (exact) mass is 341 g/mol. The molecule has 1 fully saturated rings. The van der Waals surface area contributed by atoms with Crippen LogP contribution in [-0.2, 0) is 4.74 Å². The lowest BCUT2D eigenvalue weighted by molar-refractivity contribution is -0.0123. The summed E-state index contributed by atoms with van der Waals surface area (Å²) in [6.07, 6.45) is 1.73. The molecule has 2 heterocycles. The highest BCUT2D eigenvalue weighted by Gasteiger charge is 2.24. The molecule has 1 saturated heterocycles. The zero-order valence-electron chi connectivity index (χ0n) is 14.6. The smallest absolute Gasteiger partial charge is 0.257 e. The molecule has 132 valence electrons. The van der Waals surface area contributed by atoms with E-state index in [9.17, 15) is 4.79 Å². The Hall–Kier alpha value is -2.60. The molecule has 1 aliphatic heterocycles. The van der Waals surface area contributed by atoms with Crippen LogP contribution in [0.3, 0.4) is 0 Å². The highest BCUT2D eigenvalue weighted by molar-refractivity contribution is 5.99. The number of anilines is 2. The van der Waals surface area contributed by atoms with Gasteiger partial charge in [-0.15, -0.1) is 0 Å². The number of nitrogens with one attached hydrogen (secondary N) is 1. The minimum atomic E-state index is -0.0308. The highest BCUT2D eigenvalue weighted by Crippen LogP contribution is 2.23. The molecule has 6 heteroatoms. The second kappa shape index (κ2) is 7.98. The van der Waals surface area contributed by atoms with Crippen molar-refractivity contribution < 1.29 is 14.3 Å². The fourth-order valence-corrected chi connectivity index (χ4v) is 2.79. The van der Waals surface area contributed by atoms with Crippen molar-refractivity contribution in [3.8, 4) is 5.75 Å². The summed E-state index contributed by atoms with van der Waals surface area (Å²) in [5, 5.41) is 3.23. The number of carbonyl (C=O) groups excluding carboxylic acids is 1. The number of amides is 1. The summed E-state index contributed by atoms with van der Waals surface area (Å²) < 4.78 is 11.0. The Morgan fingerprint density at radius 3 is 2.88 bits per heavy atom. The van der Waals surface area contributed by atoms with Crippen molar-refractivity contribution in [1.82, 2.24) is 9.88 Å². The first kappa shape index (κ1) is 17.2. The van der Waals surface area contributed by atoms with Crippen LogP contribution in [0.4, 0.5) is 11.5 Å². The first-order valence-electron chi connectivity index (χ1n) is 8.53. The van der Waals surface area contributed by atoms with Gasteiger partial charge in [0.15, 0.2) is 0 Å². The van der Waals surface area contributed by atoms with Crippen molar-refractivity contribution in [3.05, 3.63) is 48.2 Å². The summed E-state index contributed by atoms with van der Waals surface area (Å²) >= 11 is 0. The molecule has 0 aliphatic carbocycles. The number of morpholine rings is 1. The van der Waals surface area contributed by atoms with Crippen molar-refractivity contribution >= 4 is 17.4 Å². The van der Waals surface area contributed by atoms with Gasteiger partial charge in [-0.05, 0) is 50.2 Å². The first-order chi connectivity index (χ1) is 12.2. The van der Waals surface area contributed by atoms with E-state index in [1.54, 1.807) is 18.3 Å². The van der Waals surface area contributed by atoms with E-state index < -0.39 is 0 Å². The van der Waals surface area contributed by atoms with E-state index in [0.29, 0.717) is 37.7 Å². The van der Waals surface area contributed by atoms with Gasteiger partial charge in [0.05, 0.1) is 24.9 Å². The van der Waals surface area contributed by atoms with Gasteiger partial charge in [0.25, 0.3) is 5.91 Å². The molecule has 6 nitrogen and oxygen atoms in total. The normalized spacial score (nSPS) is 17.2. The topological polar surface area (TPSA) is 63.7 Å². The Labute approximate surface area is 147 Å². The molecule has 1 N–H and O–H groups in total. The molecule has 25 heavy (non-hydrogen) atoms. The van der Waals surface area contributed by atoms with Crippen LogP contribution in [-0.4, -0.2) is 48.2 Å². The third kappa shape index (κ3) is 4.28. The van der Waals surface area contributed by atoms with Gasteiger partial charge in [-0.3, -0.25) is 4.79 Å². The van der Waals surface area contributed by atoms with E-state index in [1.165, 1.54) is 0 Å². The number of aromatic nitrogens is 1. The summed E-state index contributed by atoms with van der Waals surface area (Å²) in [6, 6.07) is 11.2. The lowest BCUT2D eigenvalue weighted by Gasteiger charge is -2.31. The van der Waals surface area contributed by atoms with E-state index in [4.69, 9.17) is 9.47 Å². The average Bonchev–Trinajstić information content (AvgIpc) is 2.63. The Morgan fingerprint density at radius 2 is 2.16 bits per heavy atom. The van der Waals surface area contributed by atoms with Crippen molar-refractivity contribution in [3.63, 3.8) is 0 Å². The Balaban J connectivity index is 1.77. The maximum absolute atomic E-state index is 12.9. The van der Waals surface area contributed by atoms with Gasteiger partial charge < -0.3 is 19.7 Å². The Kier molecular flexibility index (Phi) is 5.50. The maximum atomic E-state index is 12.9. The molecule has 0 unspecified atom stereocenters. The molecular formula is C19H23N3O3. The maximum Gasteiger partial charge on any atom is 0.257 e. The molecule has 0 saturated carbocycles. The molecule has 1 atom stereocenters. The van der Waals surface area contributed by atoms with Crippen LogP contribution >= 0.6 is 0 Å². The number of carbonyl (C=O) groups is 1. The summed E-state index contributed by atoms with van der Waals surface area (Å²) in [5.74, 6) is 1.33. The van der Waals surface area contributed by atoms with Gasteiger partial charge in [-0.1, -0.05) is 0 Å². The van der Waals surface area contributed by atoms with Gasteiger partial charge >= 0.3 is 0 Å². The highest BCUT2D eigenvalue weighted by atomic mass is 16.5. The van der Waals surface area contributed by atoms with Gasteiger partial charge in [0, 0.05) is 25.0 Å². The average molecular weight is 341 g/mol. The third-order valence-electron chi connectivity index (χ3n) is 3.99. The van der Waals surface area contributed by atoms with E-state index in [0.717, 1.165) is 11.4 Å². The van der Waals surface area contributed by atoms with Gasteiger partial charge in [0.2, 0.25) is 0 Å². The van der Waals surface area contributed by atoms with Crippen molar-refractivity contribution in [2.75, 3.05) is 31.6 Å². The van der Waals surface area contributed by atoms with E-state index in [1.807, 2.05) is 43.0 Å². The number of rotatable bonds is 5. The van der Waals surface area contributed by atoms with E-state index >= 15 is 0 Å². The Morgan fingerprint density at radius 1 is 1.36 bits per heavy atom. The van der Waals surface area contributed by atoms with Crippen LogP contribution in [0.25, 0.3) is 0 Å². The minimum absolute atomic E-state index is 0.0308. The van der Waals surface area contributed by atoms with Crippen molar-refractivity contribution in [1.29, 1.82) is 0 Å². The number of benzene rings is 1. The molecule has 2 aromatic rings. The van der Waals surface area contributed by atoms with Gasteiger partial charge in [0.1, 0.15) is 11.6 Å². The largest absolute Gasteiger partial charge is 0.494 e. The predicted molar refractivity (Wildman–Crippen MR) is 96.4 cm³/mol. The van der Waals surface area contributed by atoms with E-state index in [-0.39, 0.29) is 12.0 Å².